The van der Waals surface area contributed by atoms with Gasteiger partial charge in [-0.1, -0.05) is 0 Å². The van der Waals surface area contributed by atoms with Crippen molar-refractivity contribution in [1.82, 2.24) is 24.9 Å². The van der Waals surface area contributed by atoms with Gasteiger partial charge < -0.3 is 15.2 Å². The summed E-state index contributed by atoms with van der Waals surface area (Å²) in [5, 5.41) is 22.4. The lowest BCUT2D eigenvalue weighted by Crippen LogP contribution is -2.54. The van der Waals surface area contributed by atoms with Crippen LogP contribution in [-0.4, -0.2) is 43.9 Å². The van der Waals surface area contributed by atoms with Crippen molar-refractivity contribution in [2.75, 3.05) is 7.11 Å². The standard InChI is InChI=1S/C19H23N5O2/c1-13-8-21-24(11-13)19-17(7-18(19)25)20-9-14-10-22-23(12-14)15-3-5-16(26-2)6-4-15/h3-6,8,10-12,17-20,25H,7,9H2,1-2H3/t17-,18+,19+/m0/s1. The summed E-state index contributed by atoms with van der Waals surface area (Å²) in [6.45, 7) is 2.70. The van der Waals surface area contributed by atoms with Gasteiger partial charge in [0.15, 0.2) is 0 Å². The molecule has 3 atom stereocenters. The van der Waals surface area contributed by atoms with Crippen LogP contribution in [0.25, 0.3) is 5.69 Å². The Morgan fingerprint density at radius 2 is 2.00 bits per heavy atom. The van der Waals surface area contributed by atoms with E-state index in [0.29, 0.717) is 6.54 Å². The molecule has 1 aromatic carbocycles. The Hall–Kier alpha value is -2.64. The maximum absolute atomic E-state index is 10.1. The van der Waals surface area contributed by atoms with E-state index in [-0.39, 0.29) is 18.2 Å². The fourth-order valence-electron chi connectivity index (χ4n) is 3.35. The molecule has 0 spiro atoms. The van der Waals surface area contributed by atoms with Crippen LogP contribution in [0.4, 0.5) is 0 Å². The number of hydrogen-bond donors (Lipinski definition) is 2. The van der Waals surface area contributed by atoms with Gasteiger partial charge in [0.2, 0.25) is 0 Å². The molecule has 136 valence electrons. The molecule has 7 heteroatoms. The molecule has 2 N–H and O–H groups in total. The number of nitrogens with one attached hydrogen (secondary N) is 1. The van der Waals surface area contributed by atoms with E-state index in [1.807, 2.05) is 65.3 Å². The summed E-state index contributed by atoms with van der Waals surface area (Å²) in [6.07, 6.45) is 8.05. The molecule has 0 saturated heterocycles. The van der Waals surface area contributed by atoms with Crippen molar-refractivity contribution in [2.45, 2.75) is 38.1 Å². The highest BCUT2D eigenvalue weighted by Crippen LogP contribution is 2.32. The molecule has 0 amide bonds. The molecule has 0 radical (unpaired) electrons. The van der Waals surface area contributed by atoms with Gasteiger partial charge in [-0.3, -0.25) is 4.68 Å². The molecule has 4 rings (SSSR count). The number of methoxy groups -OCH3 is 1. The molecular formula is C19H23N5O2. The summed E-state index contributed by atoms with van der Waals surface area (Å²) in [4.78, 5) is 0. The van der Waals surface area contributed by atoms with Gasteiger partial charge in [0, 0.05) is 30.5 Å². The molecule has 1 aliphatic rings. The van der Waals surface area contributed by atoms with E-state index in [9.17, 15) is 5.11 Å². The highest BCUT2D eigenvalue weighted by molar-refractivity contribution is 5.37. The van der Waals surface area contributed by atoms with Crippen molar-refractivity contribution in [3.05, 3.63) is 60.2 Å². The smallest absolute Gasteiger partial charge is 0.119 e. The molecule has 1 saturated carbocycles. The van der Waals surface area contributed by atoms with Crippen LogP contribution in [0.15, 0.2) is 49.1 Å². The second-order valence-electron chi connectivity index (χ2n) is 6.77. The lowest BCUT2D eigenvalue weighted by molar-refractivity contribution is -0.00823. The van der Waals surface area contributed by atoms with E-state index in [1.54, 1.807) is 7.11 Å². The maximum Gasteiger partial charge on any atom is 0.119 e. The first-order valence-corrected chi connectivity index (χ1v) is 8.74. The topological polar surface area (TPSA) is 77.1 Å². The van der Waals surface area contributed by atoms with Gasteiger partial charge in [-0.15, -0.1) is 0 Å². The molecule has 7 nitrogen and oxygen atoms in total. The van der Waals surface area contributed by atoms with Gasteiger partial charge in [0.25, 0.3) is 0 Å². The lowest BCUT2D eigenvalue weighted by atomic mass is 9.83. The Labute approximate surface area is 152 Å². The molecule has 0 aliphatic heterocycles. The number of benzene rings is 1. The first kappa shape index (κ1) is 16.8. The molecule has 2 heterocycles. The van der Waals surface area contributed by atoms with Crippen molar-refractivity contribution in [1.29, 1.82) is 0 Å². The van der Waals surface area contributed by atoms with E-state index >= 15 is 0 Å². The largest absolute Gasteiger partial charge is 0.497 e. The van der Waals surface area contributed by atoms with Gasteiger partial charge in [-0.25, -0.2) is 4.68 Å². The number of rotatable bonds is 6. The summed E-state index contributed by atoms with van der Waals surface area (Å²) in [6, 6.07) is 7.97. The Morgan fingerprint density at radius 3 is 2.65 bits per heavy atom. The summed E-state index contributed by atoms with van der Waals surface area (Å²) >= 11 is 0. The number of aliphatic hydroxyl groups is 1. The van der Waals surface area contributed by atoms with Gasteiger partial charge in [-0.2, -0.15) is 10.2 Å². The summed E-state index contributed by atoms with van der Waals surface area (Å²) in [7, 11) is 1.65. The zero-order valence-corrected chi connectivity index (χ0v) is 14.9. The first-order valence-electron chi connectivity index (χ1n) is 8.74. The van der Waals surface area contributed by atoms with Crippen LogP contribution in [0.2, 0.25) is 0 Å². The number of aromatic nitrogens is 4. The number of nitrogens with zero attached hydrogens (tertiary/aromatic N) is 4. The van der Waals surface area contributed by atoms with Crippen LogP contribution in [0.3, 0.4) is 0 Å². The minimum Gasteiger partial charge on any atom is -0.497 e. The van der Waals surface area contributed by atoms with Crippen LogP contribution >= 0.6 is 0 Å². The minimum atomic E-state index is -0.353. The van der Waals surface area contributed by atoms with E-state index in [1.165, 1.54) is 0 Å². The number of ether oxygens (including phenoxy) is 1. The van der Waals surface area contributed by atoms with Crippen LogP contribution in [0.5, 0.6) is 5.75 Å². The summed E-state index contributed by atoms with van der Waals surface area (Å²) < 4.78 is 8.89. The van der Waals surface area contributed by atoms with Gasteiger partial charge in [-0.05, 0) is 43.2 Å². The molecule has 3 aromatic rings. The molecular weight excluding hydrogens is 330 g/mol. The minimum absolute atomic E-state index is 0.0136. The molecule has 2 aromatic heterocycles. The van der Waals surface area contributed by atoms with E-state index in [0.717, 1.165) is 29.0 Å². The number of hydrogen-bond acceptors (Lipinski definition) is 5. The van der Waals surface area contributed by atoms with Crippen LogP contribution in [0, 0.1) is 6.92 Å². The van der Waals surface area contributed by atoms with Crippen LogP contribution < -0.4 is 10.1 Å². The normalized spacial score (nSPS) is 22.2. The number of aryl methyl sites for hydroxylation is 1. The van der Waals surface area contributed by atoms with E-state index < -0.39 is 0 Å². The van der Waals surface area contributed by atoms with Crippen molar-refractivity contribution < 1.29 is 9.84 Å². The highest BCUT2D eigenvalue weighted by Gasteiger charge is 2.41. The van der Waals surface area contributed by atoms with E-state index in [2.05, 4.69) is 15.5 Å². The summed E-state index contributed by atoms with van der Waals surface area (Å²) in [5.41, 5.74) is 3.18. The predicted octanol–water partition coefficient (Wildman–Crippen LogP) is 1.85. The highest BCUT2D eigenvalue weighted by atomic mass is 16.5. The van der Waals surface area contributed by atoms with Crippen LogP contribution in [0.1, 0.15) is 23.6 Å². The average molecular weight is 353 g/mol. The predicted molar refractivity (Wildman–Crippen MR) is 97.4 cm³/mol. The van der Waals surface area contributed by atoms with Crippen molar-refractivity contribution in [2.24, 2.45) is 0 Å². The first-order chi connectivity index (χ1) is 12.6. The maximum atomic E-state index is 10.1. The monoisotopic (exact) mass is 353 g/mol. The van der Waals surface area contributed by atoms with Crippen molar-refractivity contribution in [3.8, 4) is 11.4 Å². The Morgan fingerprint density at radius 1 is 1.19 bits per heavy atom. The molecule has 0 bridgehead atoms. The third-order valence-corrected chi connectivity index (χ3v) is 4.88. The van der Waals surface area contributed by atoms with Gasteiger partial charge >= 0.3 is 0 Å². The van der Waals surface area contributed by atoms with Crippen molar-refractivity contribution in [3.63, 3.8) is 0 Å². The second kappa shape index (κ2) is 6.93. The third-order valence-electron chi connectivity index (χ3n) is 4.88. The fourth-order valence-corrected chi connectivity index (χ4v) is 3.35. The molecule has 1 fully saturated rings. The quantitative estimate of drug-likeness (QED) is 0.707. The van der Waals surface area contributed by atoms with Crippen LogP contribution in [-0.2, 0) is 6.54 Å². The fraction of sp³-hybridized carbons (Fsp3) is 0.368. The van der Waals surface area contributed by atoms with Crippen molar-refractivity contribution >= 4 is 0 Å². The van der Waals surface area contributed by atoms with Gasteiger partial charge in [0.05, 0.1) is 37.3 Å². The SMILES string of the molecule is COc1ccc(-n2cc(CN[C@H]3C[C@@H](O)[C@@H]3n3cc(C)cn3)cn2)cc1. The molecule has 1 aliphatic carbocycles. The average Bonchev–Trinajstić information content (AvgIpc) is 3.27. The van der Waals surface area contributed by atoms with Gasteiger partial charge in [0.1, 0.15) is 5.75 Å². The number of aliphatic hydroxyl groups excluding tert-OH is 1. The zero-order valence-electron chi connectivity index (χ0n) is 14.9. The Bertz CT molecular complexity index is 870. The Kier molecular flexibility index (Phi) is 4.48. The molecule has 26 heavy (non-hydrogen) atoms. The van der Waals surface area contributed by atoms with E-state index in [4.69, 9.17) is 4.74 Å². The summed E-state index contributed by atoms with van der Waals surface area (Å²) in [5.74, 6) is 0.825. The lowest BCUT2D eigenvalue weighted by Gasteiger charge is -2.42. The second-order valence-corrected chi connectivity index (χ2v) is 6.77. The third kappa shape index (κ3) is 3.23. The molecule has 0 unspecified atom stereocenters. The zero-order chi connectivity index (χ0) is 18.1. The Balaban J connectivity index is 1.38.